The van der Waals surface area contributed by atoms with E-state index in [1.807, 2.05) is 45.0 Å². The van der Waals surface area contributed by atoms with Gasteiger partial charge in [0.1, 0.15) is 18.0 Å². The molecule has 0 saturated carbocycles. The third-order valence-corrected chi connectivity index (χ3v) is 4.18. The molecular formula is C15H21NO3S. The van der Waals surface area contributed by atoms with Gasteiger partial charge < -0.3 is 15.2 Å². The molecule has 2 N–H and O–H groups in total. The lowest BCUT2D eigenvalue weighted by Crippen LogP contribution is -2.35. The number of esters is 1. The second kappa shape index (κ2) is 6.06. The van der Waals surface area contributed by atoms with E-state index in [2.05, 4.69) is 0 Å². The molecule has 0 amide bonds. The van der Waals surface area contributed by atoms with Crippen LogP contribution in [0.2, 0.25) is 0 Å². The van der Waals surface area contributed by atoms with Gasteiger partial charge in [-0.1, -0.05) is 18.2 Å². The zero-order chi connectivity index (χ0) is 14.8. The zero-order valence-corrected chi connectivity index (χ0v) is 12.9. The molecule has 1 aromatic rings. The molecule has 110 valence electrons. The Morgan fingerprint density at radius 3 is 2.85 bits per heavy atom. The fourth-order valence-electron chi connectivity index (χ4n) is 2.06. The molecule has 4 nitrogen and oxygen atoms in total. The normalized spacial score (nSPS) is 21.8. The quantitative estimate of drug-likeness (QED) is 0.868. The van der Waals surface area contributed by atoms with Gasteiger partial charge in [0.25, 0.3) is 0 Å². The van der Waals surface area contributed by atoms with Gasteiger partial charge in [0.15, 0.2) is 0 Å². The molecule has 0 aromatic heterocycles. The number of ether oxygens (including phenoxy) is 2. The summed E-state index contributed by atoms with van der Waals surface area (Å²) in [5.74, 6) is 0.920. The molecular weight excluding hydrogens is 274 g/mol. The molecule has 20 heavy (non-hydrogen) atoms. The summed E-state index contributed by atoms with van der Waals surface area (Å²) < 4.78 is 11.0. The third kappa shape index (κ3) is 3.90. The number of rotatable bonds is 3. The number of hydrogen-bond donors (Lipinski definition) is 1. The Hall–Kier alpha value is -1.20. The Balaban J connectivity index is 1.91. The van der Waals surface area contributed by atoms with Crippen molar-refractivity contribution in [2.45, 2.75) is 37.7 Å². The Morgan fingerprint density at radius 2 is 2.15 bits per heavy atom. The summed E-state index contributed by atoms with van der Waals surface area (Å²) in [5.41, 5.74) is 6.80. The Bertz CT molecular complexity index is 484. The van der Waals surface area contributed by atoms with Crippen LogP contribution in [0.25, 0.3) is 0 Å². The molecule has 2 rings (SSSR count). The van der Waals surface area contributed by atoms with E-state index in [0.717, 1.165) is 11.3 Å². The molecule has 0 fully saturated rings. The first-order chi connectivity index (χ1) is 9.37. The van der Waals surface area contributed by atoms with Gasteiger partial charge in [0, 0.05) is 11.6 Å². The van der Waals surface area contributed by atoms with Crippen molar-refractivity contribution in [3.63, 3.8) is 0 Å². The van der Waals surface area contributed by atoms with Gasteiger partial charge in [-0.25, -0.2) is 0 Å². The van der Waals surface area contributed by atoms with Crippen molar-refractivity contribution in [1.82, 2.24) is 0 Å². The molecule has 1 aliphatic heterocycles. The van der Waals surface area contributed by atoms with Gasteiger partial charge >= 0.3 is 5.97 Å². The maximum absolute atomic E-state index is 11.7. The first-order valence-corrected chi connectivity index (χ1v) is 7.72. The number of para-hydroxylation sites is 1. The zero-order valence-electron chi connectivity index (χ0n) is 12.1. The monoisotopic (exact) mass is 295 g/mol. The molecule has 1 heterocycles. The van der Waals surface area contributed by atoms with Crippen molar-refractivity contribution in [2.24, 2.45) is 5.73 Å². The molecule has 0 spiro atoms. The summed E-state index contributed by atoms with van der Waals surface area (Å²) in [7, 11) is 0. The maximum atomic E-state index is 11.7. The molecule has 0 bridgehead atoms. The standard InChI is InChI=1S/C15H21NO3S/c1-15(2,3)19-13(17)9-20-12-8-18-11-7-5-4-6-10(11)14(12)16/h4-7,12,14H,8-9,16H2,1-3H3. The third-order valence-electron chi connectivity index (χ3n) is 2.92. The Morgan fingerprint density at radius 1 is 1.45 bits per heavy atom. The first kappa shape index (κ1) is 15.2. The highest BCUT2D eigenvalue weighted by atomic mass is 32.2. The van der Waals surface area contributed by atoms with E-state index in [4.69, 9.17) is 15.2 Å². The fourth-order valence-corrected chi connectivity index (χ4v) is 2.99. The van der Waals surface area contributed by atoms with Crippen LogP contribution in [0.1, 0.15) is 32.4 Å². The first-order valence-electron chi connectivity index (χ1n) is 6.67. The summed E-state index contributed by atoms with van der Waals surface area (Å²) in [5, 5.41) is 0.0671. The van der Waals surface area contributed by atoms with E-state index in [-0.39, 0.29) is 17.3 Å². The van der Waals surface area contributed by atoms with E-state index < -0.39 is 5.60 Å². The van der Waals surface area contributed by atoms with Crippen molar-refractivity contribution >= 4 is 17.7 Å². The van der Waals surface area contributed by atoms with Crippen LogP contribution in [0.3, 0.4) is 0 Å². The lowest BCUT2D eigenvalue weighted by molar-refractivity contribution is -0.151. The number of carbonyl (C=O) groups is 1. The topological polar surface area (TPSA) is 61.5 Å². The molecule has 1 aliphatic rings. The molecule has 2 atom stereocenters. The molecule has 2 unspecified atom stereocenters. The van der Waals surface area contributed by atoms with Crippen LogP contribution in [0.15, 0.2) is 24.3 Å². The van der Waals surface area contributed by atoms with Crippen LogP contribution < -0.4 is 10.5 Å². The highest BCUT2D eigenvalue weighted by Gasteiger charge is 2.29. The molecule has 0 aliphatic carbocycles. The number of thioether (sulfide) groups is 1. The fraction of sp³-hybridized carbons (Fsp3) is 0.533. The molecule has 0 saturated heterocycles. The number of hydrogen-bond acceptors (Lipinski definition) is 5. The van der Waals surface area contributed by atoms with E-state index in [0.29, 0.717) is 12.4 Å². The summed E-state index contributed by atoms with van der Waals surface area (Å²) >= 11 is 1.49. The van der Waals surface area contributed by atoms with Crippen LogP contribution in [-0.4, -0.2) is 29.2 Å². The smallest absolute Gasteiger partial charge is 0.316 e. The molecule has 5 heteroatoms. The maximum Gasteiger partial charge on any atom is 0.316 e. The van der Waals surface area contributed by atoms with Crippen molar-refractivity contribution in [3.05, 3.63) is 29.8 Å². The molecule has 1 aromatic carbocycles. The van der Waals surface area contributed by atoms with E-state index in [1.54, 1.807) is 0 Å². The van der Waals surface area contributed by atoms with Crippen molar-refractivity contribution < 1.29 is 14.3 Å². The van der Waals surface area contributed by atoms with Gasteiger partial charge in [-0.15, -0.1) is 11.8 Å². The highest BCUT2D eigenvalue weighted by Crippen LogP contribution is 2.35. The van der Waals surface area contributed by atoms with E-state index in [1.165, 1.54) is 11.8 Å². The highest BCUT2D eigenvalue weighted by molar-refractivity contribution is 8.00. The Kier molecular flexibility index (Phi) is 4.60. The van der Waals surface area contributed by atoms with Crippen LogP contribution in [0.4, 0.5) is 0 Å². The average Bonchev–Trinajstić information content (AvgIpc) is 2.36. The number of fused-ring (bicyclic) bond motifs is 1. The minimum atomic E-state index is -0.449. The second-order valence-corrected chi connectivity index (χ2v) is 7.04. The van der Waals surface area contributed by atoms with E-state index in [9.17, 15) is 4.79 Å². The number of nitrogens with two attached hydrogens (primary N) is 1. The summed E-state index contributed by atoms with van der Waals surface area (Å²) in [6.07, 6.45) is 0. The number of carbonyl (C=O) groups excluding carboxylic acids is 1. The van der Waals surface area contributed by atoms with Crippen LogP contribution >= 0.6 is 11.8 Å². The molecule has 0 radical (unpaired) electrons. The lowest BCUT2D eigenvalue weighted by Gasteiger charge is -2.30. The van der Waals surface area contributed by atoms with E-state index >= 15 is 0 Å². The minimum absolute atomic E-state index is 0.0671. The van der Waals surface area contributed by atoms with Crippen LogP contribution in [0.5, 0.6) is 5.75 Å². The predicted octanol–water partition coefficient (Wildman–Crippen LogP) is 2.52. The average molecular weight is 295 g/mol. The predicted molar refractivity (Wildman–Crippen MR) is 81.0 cm³/mol. The van der Waals surface area contributed by atoms with Gasteiger partial charge in [-0.2, -0.15) is 0 Å². The minimum Gasteiger partial charge on any atom is -0.492 e. The van der Waals surface area contributed by atoms with Crippen LogP contribution in [-0.2, 0) is 9.53 Å². The lowest BCUT2D eigenvalue weighted by atomic mass is 10.0. The number of benzene rings is 1. The van der Waals surface area contributed by atoms with Gasteiger partial charge in [-0.05, 0) is 26.8 Å². The van der Waals surface area contributed by atoms with Crippen molar-refractivity contribution in [2.75, 3.05) is 12.4 Å². The van der Waals surface area contributed by atoms with Crippen LogP contribution in [0, 0.1) is 0 Å². The Labute approximate surface area is 124 Å². The SMILES string of the molecule is CC(C)(C)OC(=O)CSC1COc2ccccc2C1N. The largest absolute Gasteiger partial charge is 0.492 e. The van der Waals surface area contributed by atoms with Gasteiger partial charge in [0.05, 0.1) is 11.0 Å². The van der Waals surface area contributed by atoms with Crippen molar-refractivity contribution in [3.8, 4) is 5.75 Å². The van der Waals surface area contributed by atoms with Gasteiger partial charge in [0.2, 0.25) is 0 Å². The van der Waals surface area contributed by atoms with Gasteiger partial charge in [-0.3, -0.25) is 4.79 Å². The summed E-state index contributed by atoms with van der Waals surface area (Å²) in [4.78, 5) is 11.7. The van der Waals surface area contributed by atoms with Crippen molar-refractivity contribution in [1.29, 1.82) is 0 Å². The second-order valence-electron chi connectivity index (χ2n) is 5.81. The summed E-state index contributed by atoms with van der Waals surface area (Å²) in [6, 6.07) is 7.65. The summed E-state index contributed by atoms with van der Waals surface area (Å²) in [6.45, 7) is 6.11.